The van der Waals surface area contributed by atoms with Crippen LogP contribution in [-0.2, 0) is 34.1 Å². The molecule has 4 amide bonds. The molecule has 0 aromatic rings. The molecule has 4 aliphatic rings. The molecular weight excluding hydrogens is 578 g/mol. The van der Waals surface area contributed by atoms with Gasteiger partial charge in [-0.15, -0.1) is 0 Å². The van der Waals surface area contributed by atoms with Gasteiger partial charge in [0.25, 0.3) is 5.91 Å². The maximum Gasteiger partial charge on any atom is 0.408 e. The first-order valence-corrected chi connectivity index (χ1v) is 16.8. The first-order chi connectivity index (χ1) is 20.3. The first kappa shape index (κ1) is 33.2. The Morgan fingerprint density at radius 1 is 1.07 bits per heavy atom. The van der Waals surface area contributed by atoms with Gasteiger partial charge in [-0.1, -0.05) is 25.0 Å². The summed E-state index contributed by atoms with van der Waals surface area (Å²) >= 11 is 0. The molecule has 242 valence electrons. The molecule has 14 heteroatoms. The fraction of sp³-hybridized carbons (Fsp3) is 0.793. The molecule has 1 aliphatic carbocycles. The summed E-state index contributed by atoms with van der Waals surface area (Å²) in [5, 5.41) is 5.56. The van der Waals surface area contributed by atoms with E-state index in [9.17, 15) is 27.6 Å². The largest absolute Gasteiger partial charge is 0.444 e. The zero-order valence-corrected chi connectivity index (χ0v) is 26.5. The van der Waals surface area contributed by atoms with Gasteiger partial charge in [0.2, 0.25) is 11.8 Å². The quantitative estimate of drug-likeness (QED) is 0.376. The van der Waals surface area contributed by atoms with Crippen molar-refractivity contribution in [2.75, 3.05) is 26.8 Å². The molecule has 2 saturated heterocycles. The Balaban J connectivity index is 1.54. The minimum absolute atomic E-state index is 0.220. The lowest BCUT2D eigenvalue weighted by atomic mass is 10.0. The zero-order valence-electron chi connectivity index (χ0n) is 25.7. The number of fused-ring (bicyclic) bond motifs is 2. The molecule has 3 fully saturated rings. The van der Waals surface area contributed by atoms with Gasteiger partial charge < -0.3 is 25.0 Å². The number of methoxy groups -OCH3 is 1. The Labute approximate surface area is 254 Å². The van der Waals surface area contributed by atoms with Gasteiger partial charge in [0.15, 0.2) is 0 Å². The van der Waals surface area contributed by atoms with Gasteiger partial charge in [0.1, 0.15) is 23.2 Å². The van der Waals surface area contributed by atoms with Crippen molar-refractivity contribution in [3.8, 4) is 0 Å². The summed E-state index contributed by atoms with van der Waals surface area (Å²) in [6.07, 6.45) is 9.11. The van der Waals surface area contributed by atoms with E-state index in [1.165, 1.54) is 16.3 Å². The molecule has 4 rings (SSSR count). The van der Waals surface area contributed by atoms with E-state index in [1.807, 2.05) is 12.2 Å². The maximum atomic E-state index is 13.7. The summed E-state index contributed by atoms with van der Waals surface area (Å²) in [5.74, 6) is -2.05. The molecule has 43 heavy (non-hydrogen) atoms. The van der Waals surface area contributed by atoms with E-state index in [1.54, 1.807) is 20.8 Å². The number of carbonyl (C=O) groups is 4. The maximum absolute atomic E-state index is 13.7. The van der Waals surface area contributed by atoms with E-state index in [0.717, 1.165) is 19.3 Å². The number of rotatable bonds is 6. The van der Waals surface area contributed by atoms with Gasteiger partial charge >= 0.3 is 16.3 Å². The smallest absolute Gasteiger partial charge is 0.408 e. The predicted molar refractivity (Wildman–Crippen MR) is 158 cm³/mol. The highest BCUT2D eigenvalue weighted by molar-refractivity contribution is 7.87. The lowest BCUT2D eigenvalue weighted by Gasteiger charge is -2.31. The van der Waals surface area contributed by atoms with E-state index >= 15 is 0 Å². The van der Waals surface area contributed by atoms with Crippen molar-refractivity contribution in [3.05, 3.63) is 12.2 Å². The number of hydrogen-bond donors (Lipinski definition) is 3. The average molecular weight is 626 g/mol. The lowest BCUT2D eigenvalue weighted by molar-refractivity contribution is -0.141. The molecule has 0 spiro atoms. The third-order valence-corrected chi connectivity index (χ3v) is 10.1. The molecule has 0 bridgehead atoms. The molecule has 1 saturated carbocycles. The fourth-order valence-corrected chi connectivity index (χ4v) is 7.76. The summed E-state index contributed by atoms with van der Waals surface area (Å²) in [7, 11) is -2.67. The van der Waals surface area contributed by atoms with Crippen molar-refractivity contribution < 1.29 is 37.1 Å². The molecule has 3 N–H and O–H groups in total. The third-order valence-electron chi connectivity index (χ3n) is 8.54. The van der Waals surface area contributed by atoms with Crippen LogP contribution < -0.4 is 15.4 Å². The number of amides is 4. The number of hydrogen-bond acceptors (Lipinski definition) is 8. The molecular formula is C29H47N5O8S. The summed E-state index contributed by atoms with van der Waals surface area (Å²) in [4.78, 5) is 55.1. The fourth-order valence-electron chi connectivity index (χ4n) is 6.29. The Bertz CT molecular complexity index is 1200. The van der Waals surface area contributed by atoms with Gasteiger partial charge in [0, 0.05) is 32.2 Å². The molecule has 0 unspecified atom stereocenters. The second-order valence-electron chi connectivity index (χ2n) is 13.0. The van der Waals surface area contributed by atoms with Crippen LogP contribution in [0.2, 0.25) is 0 Å². The van der Waals surface area contributed by atoms with Crippen molar-refractivity contribution in [1.29, 1.82) is 0 Å². The van der Waals surface area contributed by atoms with E-state index in [2.05, 4.69) is 15.4 Å². The summed E-state index contributed by atoms with van der Waals surface area (Å²) in [6.45, 7) is 6.05. The Hall–Kier alpha value is -2.71. The van der Waals surface area contributed by atoms with Gasteiger partial charge in [-0.05, 0) is 72.1 Å². The van der Waals surface area contributed by atoms with Crippen molar-refractivity contribution in [1.82, 2.24) is 24.6 Å². The van der Waals surface area contributed by atoms with Crippen molar-refractivity contribution in [3.63, 3.8) is 0 Å². The minimum atomic E-state index is -4.17. The van der Waals surface area contributed by atoms with Crippen LogP contribution in [0.3, 0.4) is 0 Å². The number of nitrogens with one attached hydrogen (secondary N) is 3. The van der Waals surface area contributed by atoms with Crippen LogP contribution >= 0.6 is 0 Å². The number of carbonyl (C=O) groups excluding carboxylic acids is 4. The summed E-state index contributed by atoms with van der Waals surface area (Å²) in [6, 6.07) is -2.08. The summed E-state index contributed by atoms with van der Waals surface area (Å²) < 4.78 is 40.6. The lowest BCUT2D eigenvalue weighted by Crippen LogP contribution is -2.59. The second-order valence-corrected chi connectivity index (χ2v) is 14.6. The SMILES string of the molecule is COC[C@@H]1CCCN1S(=O)(=O)NC(=O)[C@@]12C[C@H]1C=CCCCCC[C@H](NC(=O)OC(C)(C)C)C(=O)N1CCC[C@H]1C(=O)N2. The highest BCUT2D eigenvalue weighted by Gasteiger charge is 2.61. The number of alkyl carbamates (subject to hydrolysis) is 1. The monoisotopic (exact) mass is 625 g/mol. The van der Waals surface area contributed by atoms with E-state index in [4.69, 9.17) is 9.47 Å². The van der Waals surface area contributed by atoms with Gasteiger partial charge in [0.05, 0.1) is 6.61 Å². The van der Waals surface area contributed by atoms with E-state index in [0.29, 0.717) is 45.1 Å². The van der Waals surface area contributed by atoms with Gasteiger partial charge in [-0.25, -0.2) is 9.52 Å². The van der Waals surface area contributed by atoms with Crippen LogP contribution in [0.25, 0.3) is 0 Å². The number of nitrogens with zero attached hydrogens (tertiary/aromatic N) is 2. The Kier molecular flexibility index (Phi) is 10.4. The zero-order chi connectivity index (χ0) is 31.4. The van der Waals surface area contributed by atoms with Crippen LogP contribution in [0.4, 0.5) is 4.79 Å². The average Bonchev–Trinajstić information content (AvgIpc) is 3.23. The minimum Gasteiger partial charge on any atom is -0.444 e. The summed E-state index contributed by atoms with van der Waals surface area (Å²) in [5.41, 5.74) is -2.18. The molecule has 3 aliphatic heterocycles. The first-order valence-electron chi connectivity index (χ1n) is 15.4. The molecule has 0 aromatic carbocycles. The molecule has 13 nitrogen and oxygen atoms in total. The standard InChI is InChI=1S/C29H47N5O8S/c1-28(2,3)42-27(38)30-22-14-9-7-5-6-8-12-20-18-29(20,31-24(35)23-15-11-16-33(23)25(22)36)26(37)32-43(39,40)34-17-10-13-21(34)19-41-4/h8,12,20-23H,5-7,9-11,13-19H2,1-4H3,(H,30,38)(H,31,35)(H,32,37)/t20-,21+,22+,23+,29-/m1/s1. The van der Waals surface area contributed by atoms with E-state index < -0.39 is 51.3 Å². The molecule has 3 heterocycles. The number of ether oxygens (including phenoxy) is 2. The van der Waals surface area contributed by atoms with Crippen LogP contribution in [0, 0.1) is 5.92 Å². The van der Waals surface area contributed by atoms with E-state index in [-0.39, 0.29) is 37.4 Å². The molecule has 0 aromatic heterocycles. The second kappa shape index (κ2) is 13.5. The highest BCUT2D eigenvalue weighted by Crippen LogP contribution is 2.46. The number of allylic oxidation sites excluding steroid dienone is 1. The van der Waals surface area contributed by atoms with Crippen molar-refractivity contribution in [2.24, 2.45) is 5.92 Å². The topological polar surface area (TPSA) is 163 Å². The molecule has 0 radical (unpaired) electrons. The van der Waals surface area contributed by atoms with Crippen LogP contribution in [-0.4, -0.2) is 97.5 Å². The molecule has 5 atom stereocenters. The highest BCUT2D eigenvalue weighted by atomic mass is 32.2. The van der Waals surface area contributed by atoms with Gasteiger partial charge in [-0.2, -0.15) is 12.7 Å². The normalized spacial score (nSPS) is 30.8. The van der Waals surface area contributed by atoms with Crippen LogP contribution in [0.15, 0.2) is 12.2 Å². The van der Waals surface area contributed by atoms with Crippen LogP contribution in [0.5, 0.6) is 0 Å². The van der Waals surface area contributed by atoms with Crippen molar-refractivity contribution >= 4 is 34.0 Å². The third kappa shape index (κ3) is 8.07. The van der Waals surface area contributed by atoms with Gasteiger partial charge in [-0.3, -0.25) is 14.4 Å². The van der Waals surface area contributed by atoms with Crippen molar-refractivity contribution in [2.45, 2.75) is 114 Å². The Morgan fingerprint density at radius 3 is 2.53 bits per heavy atom. The predicted octanol–water partition coefficient (Wildman–Crippen LogP) is 1.74. The van der Waals surface area contributed by atoms with Crippen LogP contribution in [0.1, 0.15) is 85.0 Å². The Morgan fingerprint density at radius 2 is 1.81 bits per heavy atom.